The number of hydrogen-bond acceptors (Lipinski definition) is 2. The average molecular weight is 416 g/mol. The first kappa shape index (κ1) is 16.6. The number of nitrogens with one attached hydrogen (secondary N) is 1. The van der Waals surface area contributed by atoms with Crippen molar-refractivity contribution >= 4 is 34.2 Å². The van der Waals surface area contributed by atoms with E-state index in [9.17, 15) is 0 Å². The van der Waals surface area contributed by atoms with Crippen LogP contribution in [0.25, 0.3) is 0 Å². The van der Waals surface area contributed by atoms with E-state index < -0.39 is 0 Å². The van der Waals surface area contributed by atoms with Crippen molar-refractivity contribution in [2.45, 2.75) is 19.4 Å². The highest BCUT2D eigenvalue weighted by atomic mass is 127. The van der Waals surface area contributed by atoms with Crippen molar-refractivity contribution in [3.05, 3.63) is 62.2 Å². The van der Waals surface area contributed by atoms with Crippen LogP contribution in [0.1, 0.15) is 30.5 Å². The summed E-state index contributed by atoms with van der Waals surface area (Å²) in [7, 11) is 1.68. The monoisotopic (exact) mass is 415 g/mol. The minimum Gasteiger partial charge on any atom is -0.497 e. The molecule has 0 aliphatic carbocycles. The Morgan fingerprint density at radius 1 is 1.19 bits per heavy atom. The molecule has 0 amide bonds. The third-order valence-corrected chi connectivity index (χ3v) is 4.53. The zero-order valence-corrected chi connectivity index (χ0v) is 15.1. The van der Waals surface area contributed by atoms with E-state index in [0.29, 0.717) is 0 Å². The summed E-state index contributed by atoms with van der Waals surface area (Å²) >= 11 is 8.54. The lowest BCUT2D eigenvalue weighted by Crippen LogP contribution is -2.24. The fraction of sp³-hybridized carbons (Fsp3) is 0.294. The predicted molar refractivity (Wildman–Crippen MR) is 97.3 cm³/mol. The van der Waals surface area contributed by atoms with Gasteiger partial charge in [-0.15, -0.1) is 0 Å². The van der Waals surface area contributed by atoms with Crippen LogP contribution in [0.15, 0.2) is 42.5 Å². The zero-order chi connectivity index (χ0) is 15.2. The number of rotatable bonds is 6. The Labute approximate surface area is 145 Å². The molecular weight excluding hydrogens is 397 g/mol. The lowest BCUT2D eigenvalue weighted by molar-refractivity contribution is 0.414. The van der Waals surface area contributed by atoms with E-state index in [1.807, 2.05) is 24.3 Å². The second kappa shape index (κ2) is 8.01. The van der Waals surface area contributed by atoms with Crippen molar-refractivity contribution < 1.29 is 4.74 Å². The molecule has 0 radical (unpaired) electrons. The van der Waals surface area contributed by atoms with Crippen LogP contribution in [-0.4, -0.2) is 13.7 Å². The Hall–Kier alpha value is -0.780. The molecule has 0 fully saturated rings. The summed E-state index contributed by atoms with van der Waals surface area (Å²) in [5.41, 5.74) is 2.42. The van der Waals surface area contributed by atoms with E-state index in [4.69, 9.17) is 16.3 Å². The number of ether oxygens (including phenoxy) is 1. The van der Waals surface area contributed by atoms with Crippen molar-refractivity contribution in [1.29, 1.82) is 0 Å². The summed E-state index contributed by atoms with van der Waals surface area (Å²) in [6.07, 6.45) is 1.09. The normalized spacial score (nSPS) is 12.2. The molecule has 0 saturated carbocycles. The Morgan fingerprint density at radius 2 is 1.90 bits per heavy atom. The van der Waals surface area contributed by atoms with Gasteiger partial charge < -0.3 is 10.1 Å². The summed E-state index contributed by atoms with van der Waals surface area (Å²) < 4.78 is 6.45. The minimum atomic E-state index is 0.140. The van der Waals surface area contributed by atoms with Gasteiger partial charge in [-0.25, -0.2) is 0 Å². The molecule has 2 aromatic rings. The highest BCUT2D eigenvalue weighted by Gasteiger charge is 2.16. The van der Waals surface area contributed by atoms with Gasteiger partial charge >= 0.3 is 0 Å². The standard InChI is InChI=1S/C17H19ClINO/c1-3-10-20-17(12-4-7-14(21-2)8-5-12)15-11-13(18)6-9-16(15)19/h4-9,11,17,20H,3,10H2,1-2H3. The first-order chi connectivity index (χ1) is 10.2. The van der Waals surface area contributed by atoms with Gasteiger partial charge in [0.25, 0.3) is 0 Å². The van der Waals surface area contributed by atoms with Gasteiger partial charge in [-0.1, -0.05) is 30.7 Å². The van der Waals surface area contributed by atoms with Crippen molar-refractivity contribution in [1.82, 2.24) is 5.32 Å². The van der Waals surface area contributed by atoms with Crippen molar-refractivity contribution in [2.24, 2.45) is 0 Å². The van der Waals surface area contributed by atoms with E-state index in [-0.39, 0.29) is 6.04 Å². The van der Waals surface area contributed by atoms with Gasteiger partial charge in [0, 0.05) is 8.59 Å². The summed E-state index contributed by atoms with van der Waals surface area (Å²) in [4.78, 5) is 0. The molecule has 0 spiro atoms. The maximum atomic E-state index is 6.18. The minimum absolute atomic E-state index is 0.140. The fourth-order valence-corrected chi connectivity index (χ4v) is 3.06. The van der Waals surface area contributed by atoms with Gasteiger partial charge in [-0.05, 0) is 77.0 Å². The molecular formula is C17H19ClINO. The van der Waals surface area contributed by atoms with Crippen LogP contribution in [0, 0.1) is 3.57 Å². The van der Waals surface area contributed by atoms with Crippen molar-refractivity contribution in [2.75, 3.05) is 13.7 Å². The second-order valence-electron chi connectivity index (χ2n) is 4.83. The fourth-order valence-electron chi connectivity index (χ4n) is 2.23. The van der Waals surface area contributed by atoms with Crippen LogP contribution in [0.4, 0.5) is 0 Å². The molecule has 1 atom stereocenters. The number of benzene rings is 2. The third-order valence-electron chi connectivity index (χ3n) is 3.32. The summed E-state index contributed by atoms with van der Waals surface area (Å²) in [6, 6.07) is 14.4. The topological polar surface area (TPSA) is 21.3 Å². The van der Waals surface area contributed by atoms with Gasteiger partial charge in [0.05, 0.1) is 13.2 Å². The molecule has 2 rings (SSSR count). The molecule has 112 valence electrons. The molecule has 0 aliphatic heterocycles. The Balaban J connectivity index is 2.38. The predicted octanol–water partition coefficient (Wildman–Crippen LogP) is 5.04. The van der Waals surface area contributed by atoms with Crippen LogP contribution in [0.2, 0.25) is 5.02 Å². The smallest absolute Gasteiger partial charge is 0.118 e. The van der Waals surface area contributed by atoms with Gasteiger partial charge in [-0.2, -0.15) is 0 Å². The van der Waals surface area contributed by atoms with Crippen LogP contribution in [-0.2, 0) is 0 Å². The van der Waals surface area contributed by atoms with Crippen LogP contribution >= 0.6 is 34.2 Å². The maximum Gasteiger partial charge on any atom is 0.118 e. The molecule has 4 heteroatoms. The highest BCUT2D eigenvalue weighted by Crippen LogP contribution is 2.29. The summed E-state index contributed by atoms with van der Waals surface area (Å²) in [5, 5.41) is 4.37. The second-order valence-corrected chi connectivity index (χ2v) is 6.42. The summed E-state index contributed by atoms with van der Waals surface area (Å²) in [5.74, 6) is 0.869. The number of hydrogen-bond donors (Lipinski definition) is 1. The molecule has 1 N–H and O–H groups in total. The molecule has 0 heterocycles. The Kier molecular flexibility index (Phi) is 6.33. The molecule has 0 saturated heterocycles. The van der Waals surface area contributed by atoms with E-state index in [1.54, 1.807) is 7.11 Å². The van der Waals surface area contributed by atoms with E-state index in [0.717, 1.165) is 23.7 Å². The average Bonchev–Trinajstić information content (AvgIpc) is 2.51. The quantitative estimate of drug-likeness (QED) is 0.667. The molecule has 2 nitrogen and oxygen atoms in total. The molecule has 0 bridgehead atoms. The molecule has 21 heavy (non-hydrogen) atoms. The molecule has 2 aromatic carbocycles. The first-order valence-corrected chi connectivity index (χ1v) is 8.43. The number of halogens is 2. The SMILES string of the molecule is CCCNC(c1ccc(OC)cc1)c1cc(Cl)ccc1I. The Bertz CT molecular complexity index is 586. The zero-order valence-electron chi connectivity index (χ0n) is 12.2. The van der Waals surface area contributed by atoms with Gasteiger partial charge in [0.1, 0.15) is 5.75 Å². The van der Waals surface area contributed by atoms with Crippen molar-refractivity contribution in [3.63, 3.8) is 0 Å². The highest BCUT2D eigenvalue weighted by molar-refractivity contribution is 14.1. The van der Waals surface area contributed by atoms with E-state index >= 15 is 0 Å². The number of methoxy groups -OCH3 is 1. The largest absolute Gasteiger partial charge is 0.497 e. The van der Waals surface area contributed by atoms with Crippen molar-refractivity contribution in [3.8, 4) is 5.75 Å². The van der Waals surface area contributed by atoms with Gasteiger partial charge in [0.15, 0.2) is 0 Å². The van der Waals surface area contributed by atoms with Crippen LogP contribution in [0.3, 0.4) is 0 Å². The van der Waals surface area contributed by atoms with E-state index in [2.05, 4.69) is 53.0 Å². The lowest BCUT2D eigenvalue weighted by atomic mass is 9.98. The maximum absolute atomic E-state index is 6.18. The third kappa shape index (κ3) is 4.34. The Morgan fingerprint density at radius 3 is 2.52 bits per heavy atom. The summed E-state index contributed by atoms with van der Waals surface area (Å²) in [6.45, 7) is 3.13. The lowest BCUT2D eigenvalue weighted by Gasteiger charge is -2.21. The molecule has 0 aromatic heterocycles. The van der Waals surface area contributed by atoms with Gasteiger partial charge in [-0.3, -0.25) is 0 Å². The van der Waals surface area contributed by atoms with Crippen LogP contribution in [0.5, 0.6) is 5.75 Å². The molecule has 1 unspecified atom stereocenters. The first-order valence-electron chi connectivity index (χ1n) is 6.98. The van der Waals surface area contributed by atoms with E-state index in [1.165, 1.54) is 14.7 Å². The van der Waals surface area contributed by atoms with Gasteiger partial charge in [0.2, 0.25) is 0 Å². The van der Waals surface area contributed by atoms with Crippen LogP contribution < -0.4 is 10.1 Å². The molecule has 0 aliphatic rings.